The number of likely N-dealkylation sites (tertiary alicyclic amines) is 1. The molecule has 22 heavy (non-hydrogen) atoms. The van der Waals surface area contributed by atoms with Crippen molar-refractivity contribution in [2.75, 3.05) is 20.1 Å². The van der Waals surface area contributed by atoms with Gasteiger partial charge in [0, 0.05) is 0 Å². The van der Waals surface area contributed by atoms with Gasteiger partial charge in [0.05, 0.1) is 5.41 Å². The minimum atomic E-state index is -0.639. The highest BCUT2D eigenvalue weighted by molar-refractivity contribution is 5.81. The van der Waals surface area contributed by atoms with Gasteiger partial charge in [-0.2, -0.15) is 0 Å². The molecule has 1 aromatic carbocycles. The standard InChI is InChI=1S/C19H27NO2/c1-20-12-8-15(9-13-20)16-6-5-7-17(14-16)19(18(21)22)10-3-2-4-11-19/h5-7,14-15H,2-4,8-13H2,1H3,(H,21,22). The minimum absolute atomic E-state index is 0.589. The molecule has 0 radical (unpaired) electrons. The number of carboxylic acids is 1. The van der Waals surface area contributed by atoms with E-state index in [4.69, 9.17) is 0 Å². The fourth-order valence-electron chi connectivity index (χ4n) is 4.21. The summed E-state index contributed by atoms with van der Waals surface area (Å²) in [5.74, 6) is -0.0432. The van der Waals surface area contributed by atoms with Crippen LogP contribution in [0.25, 0.3) is 0 Å². The molecule has 3 rings (SSSR count). The van der Waals surface area contributed by atoms with Gasteiger partial charge in [0.15, 0.2) is 0 Å². The number of carbonyl (C=O) groups is 1. The zero-order valence-electron chi connectivity index (χ0n) is 13.6. The predicted molar refractivity (Wildman–Crippen MR) is 88.3 cm³/mol. The monoisotopic (exact) mass is 301 g/mol. The van der Waals surface area contributed by atoms with Crippen molar-refractivity contribution in [2.24, 2.45) is 0 Å². The van der Waals surface area contributed by atoms with Gasteiger partial charge in [-0.05, 0) is 62.9 Å². The smallest absolute Gasteiger partial charge is 0.314 e. The molecule has 0 bridgehead atoms. The van der Waals surface area contributed by atoms with Crippen molar-refractivity contribution in [1.29, 1.82) is 0 Å². The Morgan fingerprint density at radius 2 is 1.86 bits per heavy atom. The Bertz CT molecular complexity index is 526. The van der Waals surface area contributed by atoms with Crippen LogP contribution < -0.4 is 0 Å². The molecule has 3 nitrogen and oxygen atoms in total. The van der Waals surface area contributed by atoms with Gasteiger partial charge >= 0.3 is 5.97 Å². The lowest BCUT2D eigenvalue weighted by Crippen LogP contribution is -2.38. The molecule has 1 aliphatic carbocycles. The predicted octanol–water partition coefficient (Wildman–Crippen LogP) is 3.78. The van der Waals surface area contributed by atoms with Gasteiger partial charge in [0.25, 0.3) is 0 Å². The summed E-state index contributed by atoms with van der Waals surface area (Å²) in [4.78, 5) is 14.4. The molecule has 1 heterocycles. The molecule has 1 aliphatic heterocycles. The van der Waals surface area contributed by atoms with Crippen LogP contribution in [0.3, 0.4) is 0 Å². The number of hydrogen-bond donors (Lipinski definition) is 1. The van der Waals surface area contributed by atoms with E-state index in [1.165, 1.54) is 24.8 Å². The van der Waals surface area contributed by atoms with E-state index in [1.54, 1.807) is 0 Å². The number of hydrogen-bond acceptors (Lipinski definition) is 2. The summed E-state index contributed by atoms with van der Waals surface area (Å²) in [5.41, 5.74) is 1.74. The summed E-state index contributed by atoms with van der Waals surface area (Å²) < 4.78 is 0. The highest BCUT2D eigenvalue weighted by atomic mass is 16.4. The van der Waals surface area contributed by atoms with Crippen LogP contribution in [0.1, 0.15) is 62.0 Å². The SMILES string of the molecule is CN1CCC(c2cccc(C3(C(=O)O)CCCCC3)c2)CC1. The first kappa shape index (κ1) is 15.5. The van der Waals surface area contributed by atoms with Crippen LogP contribution in [-0.2, 0) is 10.2 Å². The fourth-order valence-corrected chi connectivity index (χ4v) is 4.21. The van der Waals surface area contributed by atoms with Crippen molar-refractivity contribution < 1.29 is 9.90 Å². The van der Waals surface area contributed by atoms with E-state index in [0.717, 1.165) is 44.3 Å². The van der Waals surface area contributed by atoms with Crippen molar-refractivity contribution in [3.8, 4) is 0 Å². The molecular weight excluding hydrogens is 274 g/mol. The summed E-state index contributed by atoms with van der Waals surface area (Å²) in [6.45, 7) is 2.28. The van der Waals surface area contributed by atoms with E-state index in [-0.39, 0.29) is 0 Å². The summed E-state index contributed by atoms with van der Waals surface area (Å²) in [5, 5.41) is 9.87. The summed E-state index contributed by atoms with van der Waals surface area (Å²) in [7, 11) is 2.17. The van der Waals surface area contributed by atoms with Crippen molar-refractivity contribution in [3.63, 3.8) is 0 Å². The molecule has 120 valence electrons. The first-order chi connectivity index (χ1) is 10.6. The van der Waals surface area contributed by atoms with Crippen molar-refractivity contribution >= 4 is 5.97 Å². The maximum atomic E-state index is 12.0. The second-order valence-electron chi connectivity index (χ2n) is 7.15. The molecule has 0 unspecified atom stereocenters. The highest BCUT2D eigenvalue weighted by Crippen LogP contribution is 2.41. The van der Waals surface area contributed by atoms with E-state index in [1.807, 2.05) is 6.07 Å². The van der Waals surface area contributed by atoms with Crippen molar-refractivity contribution in [3.05, 3.63) is 35.4 Å². The Morgan fingerprint density at radius 3 is 2.50 bits per heavy atom. The normalized spacial score (nSPS) is 23.3. The molecule has 3 heteroatoms. The van der Waals surface area contributed by atoms with Crippen LogP contribution in [0.15, 0.2) is 24.3 Å². The van der Waals surface area contributed by atoms with Gasteiger partial charge < -0.3 is 10.0 Å². The maximum absolute atomic E-state index is 12.0. The largest absolute Gasteiger partial charge is 0.481 e. The number of piperidine rings is 1. The second kappa shape index (κ2) is 6.41. The molecule has 1 N–H and O–H groups in total. The van der Waals surface area contributed by atoms with Crippen LogP contribution in [-0.4, -0.2) is 36.1 Å². The molecule has 1 aromatic rings. The fraction of sp³-hybridized carbons (Fsp3) is 0.632. The molecule has 0 spiro atoms. The number of benzene rings is 1. The first-order valence-electron chi connectivity index (χ1n) is 8.64. The van der Waals surface area contributed by atoms with E-state index >= 15 is 0 Å². The Kier molecular flexibility index (Phi) is 4.53. The van der Waals surface area contributed by atoms with Crippen LogP contribution >= 0.6 is 0 Å². The van der Waals surface area contributed by atoms with Gasteiger partial charge in [-0.1, -0.05) is 43.5 Å². The van der Waals surface area contributed by atoms with Gasteiger partial charge in [0.1, 0.15) is 0 Å². The lowest BCUT2D eigenvalue weighted by molar-refractivity contribution is -0.145. The summed E-state index contributed by atoms with van der Waals surface area (Å²) in [6, 6.07) is 8.51. The second-order valence-corrected chi connectivity index (χ2v) is 7.15. The Morgan fingerprint density at radius 1 is 1.18 bits per heavy atom. The molecule has 0 atom stereocenters. The zero-order valence-corrected chi connectivity index (χ0v) is 13.6. The van der Waals surface area contributed by atoms with Gasteiger partial charge in [0.2, 0.25) is 0 Å². The lowest BCUT2D eigenvalue weighted by Gasteiger charge is -2.35. The van der Waals surface area contributed by atoms with Crippen LogP contribution in [0.2, 0.25) is 0 Å². The average molecular weight is 301 g/mol. The molecule has 0 amide bonds. The molecule has 0 aromatic heterocycles. The number of nitrogens with zero attached hydrogens (tertiary/aromatic N) is 1. The molecular formula is C19H27NO2. The van der Waals surface area contributed by atoms with Crippen LogP contribution in [0.4, 0.5) is 0 Å². The zero-order chi connectivity index (χ0) is 15.6. The molecule has 1 saturated heterocycles. The van der Waals surface area contributed by atoms with Gasteiger partial charge in [-0.3, -0.25) is 4.79 Å². The van der Waals surface area contributed by atoms with Crippen molar-refractivity contribution in [2.45, 2.75) is 56.3 Å². The van der Waals surface area contributed by atoms with E-state index in [0.29, 0.717) is 5.92 Å². The van der Waals surface area contributed by atoms with E-state index in [2.05, 4.69) is 30.1 Å². The Hall–Kier alpha value is -1.35. The minimum Gasteiger partial charge on any atom is -0.481 e. The third kappa shape index (κ3) is 2.91. The summed E-state index contributed by atoms with van der Waals surface area (Å²) in [6.07, 6.45) is 7.18. The molecule has 1 saturated carbocycles. The van der Waals surface area contributed by atoms with Gasteiger partial charge in [-0.25, -0.2) is 0 Å². The number of aliphatic carboxylic acids is 1. The maximum Gasteiger partial charge on any atom is 0.314 e. The quantitative estimate of drug-likeness (QED) is 0.923. The van der Waals surface area contributed by atoms with Crippen LogP contribution in [0, 0.1) is 0 Å². The number of carboxylic acid groups (broad SMARTS) is 1. The van der Waals surface area contributed by atoms with Crippen molar-refractivity contribution in [1.82, 2.24) is 4.90 Å². The Labute approximate surface area is 133 Å². The molecule has 2 fully saturated rings. The Balaban J connectivity index is 1.87. The van der Waals surface area contributed by atoms with Gasteiger partial charge in [-0.15, -0.1) is 0 Å². The van der Waals surface area contributed by atoms with E-state index < -0.39 is 11.4 Å². The number of rotatable bonds is 3. The lowest BCUT2D eigenvalue weighted by atomic mass is 9.69. The average Bonchev–Trinajstić information content (AvgIpc) is 2.56. The topological polar surface area (TPSA) is 40.5 Å². The first-order valence-corrected chi connectivity index (χ1v) is 8.64. The third-order valence-corrected chi connectivity index (χ3v) is 5.75. The van der Waals surface area contributed by atoms with E-state index in [9.17, 15) is 9.90 Å². The third-order valence-electron chi connectivity index (χ3n) is 5.75. The summed E-state index contributed by atoms with van der Waals surface area (Å²) >= 11 is 0. The highest BCUT2D eigenvalue weighted by Gasteiger charge is 2.41. The van der Waals surface area contributed by atoms with Crippen LogP contribution in [0.5, 0.6) is 0 Å². The molecule has 2 aliphatic rings.